The van der Waals surface area contributed by atoms with Crippen LogP contribution >= 0.6 is 0 Å². The van der Waals surface area contributed by atoms with Crippen molar-refractivity contribution in [1.29, 1.82) is 0 Å². The number of nitrogens with one attached hydrogen (secondary N) is 1. The Kier molecular flexibility index (Phi) is 4.77. The van der Waals surface area contributed by atoms with Crippen molar-refractivity contribution in [3.8, 4) is 5.75 Å². The third-order valence-electron chi connectivity index (χ3n) is 3.05. The van der Waals surface area contributed by atoms with Crippen LogP contribution < -0.4 is 15.8 Å². The standard InChI is InChI=1S/C16H19N3O2/c1-3-21-15-8-7-12(10-13(15)17)16(20)19-11(2)14-6-4-5-9-18-14/h4-11H,3,17H2,1-2H3,(H,19,20). The SMILES string of the molecule is CCOc1ccc(C(=O)NC(C)c2ccccn2)cc1N. The fraction of sp³-hybridized carbons (Fsp3) is 0.250. The minimum Gasteiger partial charge on any atom is -0.492 e. The summed E-state index contributed by atoms with van der Waals surface area (Å²) in [6, 6.07) is 10.4. The molecule has 21 heavy (non-hydrogen) atoms. The monoisotopic (exact) mass is 285 g/mol. The molecule has 1 aromatic heterocycles. The topological polar surface area (TPSA) is 77.2 Å². The highest BCUT2D eigenvalue weighted by Gasteiger charge is 2.13. The molecule has 0 saturated carbocycles. The maximum Gasteiger partial charge on any atom is 0.251 e. The van der Waals surface area contributed by atoms with Crippen LogP contribution in [0.3, 0.4) is 0 Å². The zero-order chi connectivity index (χ0) is 15.2. The largest absolute Gasteiger partial charge is 0.492 e. The second-order valence-electron chi connectivity index (χ2n) is 4.64. The summed E-state index contributed by atoms with van der Waals surface area (Å²) in [7, 11) is 0. The third-order valence-corrected chi connectivity index (χ3v) is 3.05. The minimum atomic E-state index is -0.192. The van der Waals surface area contributed by atoms with Crippen LogP contribution in [-0.2, 0) is 0 Å². The highest BCUT2D eigenvalue weighted by atomic mass is 16.5. The van der Waals surface area contributed by atoms with Gasteiger partial charge < -0.3 is 15.8 Å². The number of carbonyl (C=O) groups excluding carboxylic acids is 1. The lowest BCUT2D eigenvalue weighted by Gasteiger charge is -2.14. The number of hydrogen-bond donors (Lipinski definition) is 2. The van der Waals surface area contributed by atoms with Crippen molar-refractivity contribution in [1.82, 2.24) is 10.3 Å². The van der Waals surface area contributed by atoms with Gasteiger partial charge in [-0.1, -0.05) is 6.07 Å². The molecule has 110 valence electrons. The molecule has 0 radical (unpaired) electrons. The van der Waals surface area contributed by atoms with Crippen molar-refractivity contribution in [2.24, 2.45) is 0 Å². The summed E-state index contributed by atoms with van der Waals surface area (Å²) >= 11 is 0. The van der Waals surface area contributed by atoms with Crippen LogP contribution in [0.15, 0.2) is 42.6 Å². The maximum absolute atomic E-state index is 12.2. The molecule has 0 aliphatic carbocycles. The van der Waals surface area contributed by atoms with Gasteiger partial charge in [0.15, 0.2) is 0 Å². The van der Waals surface area contributed by atoms with Crippen molar-refractivity contribution in [3.63, 3.8) is 0 Å². The van der Waals surface area contributed by atoms with Crippen molar-refractivity contribution < 1.29 is 9.53 Å². The van der Waals surface area contributed by atoms with Crippen LogP contribution in [0, 0.1) is 0 Å². The minimum absolute atomic E-state index is 0.175. The zero-order valence-corrected chi connectivity index (χ0v) is 12.2. The molecule has 5 heteroatoms. The first-order valence-corrected chi connectivity index (χ1v) is 6.86. The molecule has 5 nitrogen and oxygen atoms in total. The normalized spacial score (nSPS) is 11.7. The van der Waals surface area contributed by atoms with E-state index in [1.54, 1.807) is 24.4 Å². The fourth-order valence-corrected chi connectivity index (χ4v) is 1.96. The lowest BCUT2D eigenvalue weighted by Crippen LogP contribution is -2.27. The second kappa shape index (κ2) is 6.74. The molecule has 1 aromatic carbocycles. The molecule has 0 fully saturated rings. The molecule has 0 aliphatic rings. The molecule has 1 heterocycles. The first-order valence-electron chi connectivity index (χ1n) is 6.86. The summed E-state index contributed by atoms with van der Waals surface area (Å²) in [5, 5.41) is 2.89. The Balaban J connectivity index is 2.08. The molecular weight excluding hydrogens is 266 g/mol. The van der Waals surface area contributed by atoms with Gasteiger partial charge in [0.25, 0.3) is 5.91 Å². The average Bonchev–Trinajstić information content (AvgIpc) is 2.50. The predicted octanol–water partition coefficient (Wildman–Crippen LogP) is 2.55. The van der Waals surface area contributed by atoms with Crippen LogP contribution in [0.25, 0.3) is 0 Å². The molecule has 1 atom stereocenters. The van der Waals surface area contributed by atoms with Crippen molar-refractivity contribution in [2.75, 3.05) is 12.3 Å². The number of rotatable bonds is 5. The van der Waals surface area contributed by atoms with Crippen LogP contribution in [0.1, 0.15) is 35.9 Å². The lowest BCUT2D eigenvalue weighted by atomic mass is 10.1. The fourth-order valence-electron chi connectivity index (χ4n) is 1.96. The number of nitrogens with zero attached hydrogens (tertiary/aromatic N) is 1. The van der Waals surface area contributed by atoms with Gasteiger partial charge in [-0.15, -0.1) is 0 Å². The summed E-state index contributed by atoms with van der Waals surface area (Å²) < 4.78 is 5.36. The third kappa shape index (κ3) is 3.72. The van der Waals surface area contributed by atoms with E-state index >= 15 is 0 Å². The Morgan fingerprint density at radius 1 is 1.38 bits per heavy atom. The van der Waals surface area contributed by atoms with E-state index < -0.39 is 0 Å². The predicted molar refractivity (Wildman–Crippen MR) is 82.1 cm³/mol. The average molecular weight is 285 g/mol. The van der Waals surface area contributed by atoms with Gasteiger partial charge in [-0.2, -0.15) is 0 Å². The summed E-state index contributed by atoms with van der Waals surface area (Å²) in [5.74, 6) is 0.398. The zero-order valence-electron chi connectivity index (χ0n) is 12.2. The smallest absolute Gasteiger partial charge is 0.251 e. The van der Waals surface area contributed by atoms with E-state index in [1.807, 2.05) is 32.0 Å². The number of nitrogens with two attached hydrogens (primary N) is 1. The van der Waals surface area contributed by atoms with Gasteiger partial charge in [0.1, 0.15) is 5.75 Å². The molecule has 0 aliphatic heterocycles. The molecule has 2 aromatic rings. The number of benzene rings is 1. The Bertz CT molecular complexity index is 614. The molecule has 0 bridgehead atoms. The Morgan fingerprint density at radius 2 is 2.19 bits per heavy atom. The van der Waals surface area contributed by atoms with Crippen LogP contribution in [-0.4, -0.2) is 17.5 Å². The first kappa shape index (κ1) is 14.8. The van der Waals surface area contributed by atoms with Gasteiger partial charge in [0.2, 0.25) is 0 Å². The molecule has 2 rings (SSSR count). The number of hydrogen-bond acceptors (Lipinski definition) is 4. The molecule has 0 spiro atoms. The van der Waals surface area contributed by atoms with Gasteiger partial charge in [-0.05, 0) is 44.2 Å². The van der Waals surface area contributed by atoms with Crippen LogP contribution in [0.2, 0.25) is 0 Å². The van der Waals surface area contributed by atoms with Gasteiger partial charge in [-0.3, -0.25) is 9.78 Å². The van der Waals surface area contributed by atoms with E-state index in [0.29, 0.717) is 23.6 Å². The summed E-state index contributed by atoms with van der Waals surface area (Å²) in [6.45, 7) is 4.30. The van der Waals surface area contributed by atoms with E-state index in [4.69, 9.17) is 10.5 Å². The number of nitrogen functional groups attached to an aromatic ring is 1. The highest BCUT2D eigenvalue weighted by Crippen LogP contribution is 2.22. The Labute approximate surface area is 124 Å². The number of pyridine rings is 1. The van der Waals surface area contributed by atoms with E-state index in [0.717, 1.165) is 5.69 Å². The van der Waals surface area contributed by atoms with E-state index in [2.05, 4.69) is 10.3 Å². The summed E-state index contributed by atoms with van der Waals surface area (Å²) in [6.07, 6.45) is 1.70. The number of carbonyl (C=O) groups is 1. The Morgan fingerprint density at radius 3 is 2.81 bits per heavy atom. The lowest BCUT2D eigenvalue weighted by molar-refractivity contribution is 0.0939. The Hall–Kier alpha value is -2.56. The molecule has 1 amide bonds. The van der Waals surface area contributed by atoms with Gasteiger partial charge >= 0.3 is 0 Å². The first-order chi connectivity index (χ1) is 10.1. The molecule has 0 saturated heterocycles. The molecular formula is C16H19N3O2. The quantitative estimate of drug-likeness (QED) is 0.828. The summed E-state index contributed by atoms with van der Waals surface area (Å²) in [4.78, 5) is 16.4. The van der Waals surface area contributed by atoms with E-state index in [1.165, 1.54) is 0 Å². The molecule has 1 unspecified atom stereocenters. The number of ether oxygens (including phenoxy) is 1. The molecule has 3 N–H and O–H groups in total. The highest BCUT2D eigenvalue weighted by molar-refractivity contribution is 5.95. The second-order valence-corrected chi connectivity index (χ2v) is 4.64. The van der Waals surface area contributed by atoms with Gasteiger partial charge in [0, 0.05) is 11.8 Å². The van der Waals surface area contributed by atoms with Crippen LogP contribution in [0.5, 0.6) is 5.75 Å². The van der Waals surface area contributed by atoms with Crippen molar-refractivity contribution in [2.45, 2.75) is 19.9 Å². The number of anilines is 1. The summed E-state index contributed by atoms with van der Waals surface area (Å²) in [5.41, 5.74) is 7.63. The van der Waals surface area contributed by atoms with Crippen molar-refractivity contribution >= 4 is 11.6 Å². The number of amides is 1. The van der Waals surface area contributed by atoms with E-state index in [-0.39, 0.29) is 11.9 Å². The van der Waals surface area contributed by atoms with Gasteiger partial charge in [-0.25, -0.2) is 0 Å². The van der Waals surface area contributed by atoms with Gasteiger partial charge in [0.05, 0.1) is 24.0 Å². The van der Waals surface area contributed by atoms with Crippen molar-refractivity contribution in [3.05, 3.63) is 53.9 Å². The number of aromatic nitrogens is 1. The van der Waals surface area contributed by atoms with Crippen LogP contribution in [0.4, 0.5) is 5.69 Å². The van der Waals surface area contributed by atoms with E-state index in [9.17, 15) is 4.79 Å². The maximum atomic E-state index is 12.2.